The van der Waals surface area contributed by atoms with Crippen LogP contribution in [0.4, 0.5) is 5.69 Å². The van der Waals surface area contributed by atoms with E-state index in [1.807, 2.05) is 30.3 Å². The Hall–Kier alpha value is -1.68. The van der Waals surface area contributed by atoms with Gasteiger partial charge in [0.25, 0.3) is 0 Å². The molecule has 2 aromatic rings. The molecule has 0 saturated heterocycles. The summed E-state index contributed by atoms with van der Waals surface area (Å²) in [6, 6.07) is 9.70. The number of amides is 1. The second kappa shape index (κ2) is 5.10. The van der Waals surface area contributed by atoms with Crippen LogP contribution in [0.5, 0.6) is 0 Å². The predicted octanol–water partition coefficient (Wildman–Crippen LogP) is 3.47. The summed E-state index contributed by atoms with van der Waals surface area (Å²) in [5.41, 5.74) is 2.94. The van der Waals surface area contributed by atoms with Crippen molar-refractivity contribution in [1.82, 2.24) is 4.98 Å². The average Bonchev–Trinajstić information content (AvgIpc) is 2.32. The third kappa shape index (κ3) is 2.91. The number of rotatable bonds is 2. The van der Waals surface area contributed by atoms with Gasteiger partial charge in [0.2, 0.25) is 5.91 Å². The molecular weight excluding hydrogens is 280 g/mol. The lowest BCUT2D eigenvalue weighted by Gasteiger charge is -2.07. The summed E-state index contributed by atoms with van der Waals surface area (Å²) in [6.07, 6.45) is 3.51. The fourth-order valence-electron chi connectivity index (χ4n) is 1.53. The summed E-state index contributed by atoms with van der Waals surface area (Å²) in [4.78, 5) is 15.0. The van der Waals surface area contributed by atoms with Crippen molar-refractivity contribution in [1.29, 1.82) is 0 Å². The van der Waals surface area contributed by atoms with Gasteiger partial charge >= 0.3 is 0 Å². The summed E-state index contributed by atoms with van der Waals surface area (Å²) in [5, 5.41) is 2.75. The van der Waals surface area contributed by atoms with Crippen LogP contribution in [0.2, 0.25) is 0 Å². The van der Waals surface area contributed by atoms with E-state index < -0.39 is 0 Å². The number of pyridine rings is 1. The molecule has 1 aromatic carbocycles. The number of anilines is 1. The molecule has 3 nitrogen and oxygen atoms in total. The highest BCUT2D eigenvalue weighted by Crippen LogP contribution is 2.28. The zero-order chi connectivity index (χ0) is 12.3. The Labute approximate surface area is 108 Å². The van der Waals surface area contributed by atoms with Crippen LogP contribution in [-0.4, -0.2) is 10.9 Å². The smallest absolute Gasteiger partial charge is 0.221 e. The van der Waals surface area contributed by atoms with Gasteiger partial charge in [0.05, 0.1) is 5.69 Å². The van der Waals surface area contributed by atoms with E-state index in [-0.39, 0.29) is 5.91 Å². The van der Waals surface area contributed by atoms with E-state index in [0.717, 1.165) is 21.3 Å². The van der Waals surface area contributed by atoms with Crippen molar-refractivity contribution in [2.75, 3.05) is 5.32 Å². The predicted molar refractivity (Wildman–Crippen MR) is 71.7 cm³/mol. The molecule has 0 saturated carbocycles. The van der Waals surface area contributed by atoms with E-state index in [4.69, 9.17) is 0 Å². The van der Waals surface area contributed by atoms with Gasteiger partial charge in [-0.25, -0.2) is 0 Å². The lowest BCUT2D eigenvalue weighted by atomic mass is 10.1. The van der Waals surface area contributed by atoms with Crippen LogP contribution in [-0.2, 0) is 4.79 Å². The molecule has 4 heteroatoms. The Balaban J connectivity index is 2.34. The first-order valence-electron chi connectivity index (χ1n) is 5.14. The Morgan fingerprint density at radius 3 is 2.47 bits per heavy atom. The van der Waals surface area contributed by atoms with Crippen molar-refractivity contribution >= 4 is 27.5 Å². The maximum absolute atomic E-state index is 11.0. The van der Waals surface area contributed by atoms with E-state index in [1.165, 1.54) is 6.92 Å². The minimum atomic E-state index is -0.0811. The average molecular weight is 291 g/mol. The van der Waals surface area contributed by atoms with Gasteiger partial charge < -0.3 is 5.32 Å². The largest absolute Gasteiger partial charge is 0.325 e. The molecule has 1 N–H and O–H groups in total. The fraction of sp³-hybridized carbons (Fsp3) is 0.0769. The van der Waals surface area contributed by atoms with Crippen molar-refractivity contribution in [2.45, 2.75) is 6.92 Å². The third-order valence-electron chi connectivity index (χ3n) is 2.29. The van der Waals surface area contributed by atoms with Crippen molar-refractivity contribution < 1.29 is 4.79 Å². The molecule has 2 rings (SSSR count). The third-order valence-corrected chi connectivity index (χ3v) is 2.95. The van der Waals surface area contributed by atoms with Crippen LogP contribution in [0.1, 0.15) is 6.92 Å². The van der Waals surface area contributed by atoms with Crippen LogP contribution in [0, 0.1) is 0 Å². The Morgan fingerprint density at radius 2 is 1.88 bits per heavy atom. The Bertz CT molecular complexity index is 540. The Morgan fingerprint density at radius 1 is 1.18 bits per heavy atom. The fourth-order valence-corrected chi connectivity index (χ4v) is 2.01. The van der Waals surface area contributed by atoms with Gasteiger partial charge in [-0.05, 0) is 51.3 Å². The lowest BCUT2D eigenvalue weighted by molar-refractivity contribution is -0.114. The number of nitrogens with one attached hydrogen (secondary N) is 1. The zero-order valence-electron chi connectivity index (χ0n) is 9.27. The molecule has 1 amide bonds. The van der Waals surface area contributed by atoms with Crippen LogP contribution in [0.25, 0.3) is 11.1 Å². The van der Waals surface area contributed by atoms with Crippen LogP contribution in [0.3, 0.4) is 0 Å². The molecular formula is C13H11BrN2O. The van der Waals surface area contributed by atoms with Gasteiger partial charge in [0, 0.05) is 23.8 Å². The molecule has 0 radical (unpaired) electrons. The number of nitrogens with zero attached hydrogens (tertiary/aromatic N) is 1. The van der Waals surface area contributed by atoms with Crippen LogP contribution < -0.4 is 5.32 Å². The number of carbonyl (C=O) groups is 1. The molecule has 86 valence electrons. The number of hydrogen-bond acceptors (Lipinski definition) is 2. The number of carbonyl (C=O) groups excluding carboxylic acids is 1. The quantitative estimate of drug-likeness (QED) is 0.920. The van der Waals surface area contributed by atoms with Crippen LogP contribution in [0.15, 0.2) is 47.2 Å². The molecule has 0 aliphatic carbocycles. The molecule has 0 spiro atoms. The van der Waals surface area contributed by atoms with Gasteiger partial charge in [-0.1, -0.05) is 6.07 Å². The minimum Gasteiger partial charge on any atom is -0.325 e. The first kappa shape index (κ1) is 11.8. The summed E-state index contributed by atoms with van der Waals surface area (Å²) >= 11 is 3.44. The maximum Gasteiger partial charge on any atom is 0.221 e. The second-order valence-corrected chi connectivity index (χ2v) is 4.47. The van der Waals surface area contributed by atoms with Gasteiger partial charge in [0.1, 0.15) is 0 Å². The molecule has 0 atom stereocenters. The lowest BCUT2D eigenvalue weighted by Crippen LogP contribution is -2.06. The monoisotopic (exact) mass is 290 g/mol. The number of benzene rings is 1. The van der Waals surface area contributed by atoms with Gasteiger partial charge in [0.15, 0.2) is 0 Å². The number of halogens is 1. The summed E-state index contributed by atoms with van der Waals surface area (Å²) in [5.74, 6) is -0.0811. The Kier molecular flexibility index (Phi) is 3.54. The van der Waals surface area contributed by atoms with E-state index in [0.29, 0.717) is 0 Å². The number of hydrogen-bond donors (Lipinski definition) is 1. The van der Waals surface area contributed by atoms with Crippen molar-refractivity contribution in [3.63, 3.8) is 0 Å². The first-order chi connectivity index (χ1) is 8.16. The van der Waals surface area contributed by atoms with E-state index in [2.05, 4.69) is 26.2 Å². The molecule has 0 unspecified atom stereocenters. The highest BCUT2D eigenvalue weighted by atomic mass is 79.9. The molecule has 1 heterocycles. The van der Waals surface area contributed by atoms with E-state index in [1.54, 1.807) is 12.4 Å². The second-order valence-electron chi connectivity index (χ2n) is 3.61. The highest BCUT2D eigenvalue weighted by molar-refractivity contribution is 9.10. The van der Waals surface area contributed by atoms with Crippen LogP contribution >= 0.6 is 15.9 Å². The topological polar surface area (TPSA) is 42.0 Å². The highest BCUT2D eigenvalue weighted by Gasteiger charge is 2.04. The van der Waals surface area contributed by atoms with Gasteiger partial charge in [-0.15, -0.1) is 0 Å². The molecule has 0 aliphatic heterocycles. The molecule has 0 aliphatic rings. The van der Waals surface area contributed by atoms with Crippen molar-refractivity contribution in [3.8, 4) is 11.1 Å². The van der Waals surface area contributed by atoms with Crippen molar-refractivity contribution in [2.24, 2.45) is 0 Å². The molecule has 17 heavy (non-hydrogen) atoms. The summed E-state index contributed by atoms with van der Waals surface area (Å²) in [6.45, 7) is 1.49. The maximum atomic E-state index is 11.0. The van der Waals surface area contributed by atoms with E-state index >= 15 is 0 Å². The van der Waals surface area contributed by atoms with Gasteiger partial charge in [-0.3, -0.25) is 9.78 Å². The standard InChI is InChI=1S/C13H11BrN2O/c1-9(17)16-13-3-2-11(8-12(13)14)10-4-6-15-7-5-10/h2-8H,1H3,(H,16,17). The molecule has 1 aromatic heterocycles. The van der Waals surface area contributed by atoms with E-state index in [9.17, 15) is 4.79 Å². The minimum absolute atomic E-state index is 0.0811. The summed E-state index contributed by atoms with van der Waals surface area (Å²) < 4.78 is 0.863. The van der Waals surface area contributed by atoms with Crippen molar-refractivity contribution in [3.05, 3.63) is 47.2 Å². The van der Waals surface area contributed by atoms with Gasteiger partial charge in [-0.2, -0.15) is 0 Å². The first-order valence-corrected chi connectivity index (χ1v) is 5.93. The normalized spacial score (nSPS) is 10.0. The SMILES string of the molecule is CC(=O)Nc1ccc(-c2ccncc2)cc1Br. The number of aromatic nitrogens is 1. The molecule has 0 fully saturated rings. The summed E-state index contributed by atoms with van der Waals surface area (Å²) in [7, 11) is 0. The molecule has 0 bridgehead atoms. The zero-order valence-corrected chi connectivity index (χ0v) is 10.9.